The molecule has 0 radical (unpaired) electrons. The van der Waals surface area contributed by atoms with Gasteiger partial charge < -0.3 is 9.30 Å². The molecule has 39 heavy (non-hydrogen) atoms. The monoisotopic (exact) mass is 614 g/mol. The highest BCUT2D eigenvalue weighted by Crippen LogP contribution is 2.36. The molecule has 0 saturated carbocycles. The van der Waals surface area contributed by atoms with Gasteiger partial charge in [-0.05, 0) is 55.1 Å². The summed E-state index contributed by atoms with van der Waals surface area (Å²) in [5.41, 5.74) is -0.516. The number of aryl methyl sites for hydroxylation is 1. The maximum Gasteiger partial charge on any atom is 0.416 e. The number of ether oxygens (including phenoxy) is 1. The van der Waals surface area contributed by atoms with Crippen LogP contribution in [0.1, 0.15) is 28.7 Å². The molecule has 3 aromatic heterocycles. The third kappa shape index (κ3) is 7.50. The number of nitrogens with zero attached hydrogens (tertiary/aromatic N) is 5. The number of hydrogen-bond acceptors (Lipinski definition) is 10. The first-order valence-corrected chi connectivity index (χ1v) is 13.9. The summed E-state index contributed by atoms with van der Waals surface area (Å²) in [4.78, 5) is 34.7. The lowest BCUT2D eigenvalue weighted by atomic mass is 10.2. The highest BCUT2D eigenvalue weighted by molar-refractivity contribution is 7.99. The van der Waals surface area contributed by atoms with Crippen molar-refractivity contribution in [1.82, 2.24) is 24.7 Å². The van der Waals surface area contributed by atoms with Crippen LogP contribution in [-0.2, 0) is 29.2 Å². The number of rotatable bonds is 9. The van der Waals surface area contributed by atoms with Crippen molar-refractivity contribution in [2.75, 3.05) is 11.9 Å². The minimum atomic E-state index is -4.46. The van der Waals surface area contributed by atoms with E-state index in [2.05, 4.69) is 25.5 Å². The molecule has 0 spiro atoms. The van der Waals surface area contributed by atoms with Crippen LogP contribution in [0.2, 0.25) is 4.34 Å². The van der Waals surface area contributed by atoms with Gasteiger partial charge in [0, 0.05) is 16.8 Å². The van der Waals surface area contributed by atoms with Crippen LogP contribution < -0.4 is 5.32 Å². The molecule has 1 amide bonds. The summed E-state index contributed by atoms with van der Waals surface area (Å²) < 4.78 is 45.7. The van der Waals surface area contributed by atoms with Crippen LogP contribution in [0, 0.1) is 0 Å². The molecule has 0 unspecified atom stereocenters. The molecule has 4 rings (SSSR count). The summed E-state index contributed by atoms with van der Waals surface area (Å²) >= 11 is 9.42. The largest absolute Gasteiger partial charge is 0.466 e. The van der Waals surface area contributed by atoms with Gasteiger partial charge in [0.15, 0.2) is 10.3 Å². The molecule has 0 aliphatic carbocycles. The Kier molecular flexibility index (Phi) is 9.15. The number of benzene rings is 1. The van der Waals surface area contributed by atoms with Crippen LogP contribution in [0.4, 0.5) is 18.3 Å². The van der Waals surface area contributed by atoms with Crippen LogP contribution in [-0.4, -0.2) is 43.2 Å². The summed E-state index contributed by atoms with van der Waals surface area (Å²) in [6.45, 7) is 1.88. The number of nitrogens with one attached hydrogen (secondary N) is 1. The molecule has 0 fully saturated rings. The molecular formula is C23H18ClF3N6O3S3. The number of halogens is 4. The van der Waals surface area contributed by atoms with Crippen LogP contribution in [0.25, 0.3) is 0 Å². The van der Waals surface area contributed by atoms with E-state index in [-0.39, 0.29) is 33.9 Å². The van der Waals surface area contributed by atoms with Gasteiger partial charge >= 0.3 is 12.1 Å². The zero-order valence-electron chi connectivity index (χ0n) is 20.2. The molecule has 0 aliphatic rings. The molecular weight excluding hydrogens is 597 g/mol. The lowest BCUT2D eigenvalue weighted by molar-refractivity contribution is -0.142. The minimum Gasteiger partial charge on any atom is -0.466 e. The maximum atomic E-state index is 13.3. The van der Waals surface area contributed by atoms with Crippen molar-refractivity contribution in [2.45, 2.75) is 39.5 Å². The van der Waals surface area contributed by atoms with E-state index in [4.69, 9.17) is 16.3 Å². The van der Waals surface area contributed by atoms with Crippen LogP contribution in [0.15, 0.2) is 62.7 Å². The fourth-order valence-electron chi connectivity index (χ4n) is 3.03. The Labute approximate surface area is 237 Å². The number of anilines is 1. The lowest BCUT2D eigenvalue weighted by Gasteiger charge is -2.11. The number of hydrogen-bond donors (Lipinski definition) is 1. The number of thiazole rings is 1. The quantitative estimate of drug-likeness (QED) is 0.227. The predicted molar refractivity (Wildman–Crippen MR) is 140 cm³/mol. The van der Waals surface area contributed by atoms with Crippen molar-refractivity contribution in [2.24, 2.45) is 7.05 Å². The van der Waals surface area contributed by atoms with Crippen LogP contribution >= 0.6 is 46.5 Å². The standard InChI is InChI=1S/C23H18ClF3N6O3S3/c1-3-36-17(34)10-14-19(24)39-21(29-14)31-20(35)18-15(37-13-6-4-12(5-7-13)23(25,26)27)8-9-16(30-18)38-22-32-28-11-33(22)2/h4-9,11H,3,10H2,1-2H3,(H,29,31,35). The Hall–Kier alpha value is -3.14. The van der Waals surface area contributed by atoms with E-state index in [9.17, 15) is 22.8 Å². The molecule has 4 aromatic rings. The third-order valence-corrected chi connectivity index (χ3v) is 8.11. The molecule has 1 N–H and O–H groups in total. The average molecular weight is 615 g/mol. The number of pyridine rings is 1. The summed E-state index contributed by atoms with van der Waals surface area (Å²) in [5.74, 6) is -1.13. The van der Waals surface area contributed by atoms with Gasteiger partial charge in [-0.15, -0.1) is 10.2 Å². The highest BCUT2D eigenvalue weighted by Gasteiger charge is 2.30. The first kappa shape index (κ1) is 28.9. The van der Waals surface area contributed by atoms with Gasteiger partial charge in [-0.3, -0.25) is 14.9 Å². The minimum absolute atomic E-state index is 0.00494. The van der Waals surface area contributed by atoms with Crippen LogP contribution in [0.5, 0.6) is 0 Å². The zero-order chi connectivity index (χ0) is 28.2. The molecule has 0 atom stereocenters. The van der Waals surface area contributed by atoms with E-state index >= 15 is 0 Å². The Morgan fingerprint density at radius 3 is 2.51 bits per heavy atom. The summed E-state index contributed by atoms with van der Waals surface area (Å²) in [7, 11) is 1.75. The second-order valence-electron chi connectivity index (χ2n) is 7.62. The molecule has 0 aliphatic heterocycles. The zero-order valence-corrected chi connectivity index (χ0v) is 23.4. The number of esters is 1. The molecule has 3 heterocycles. The number of aromatic nitrogens is 5. The van der Waals surface area contributed by atoms with Gasteiger partial charge in [-0.25, -0.2) is 9.97 Å². The fourth-order valence-corrected chi connectivity index (χ4v) is 5.70. The van der Waals surface area contributed by atoms with E-state index in [1.54, 1.807) is 30.7 Å². The Morgan fingerprint density at radius 2 is 1.87 bits per heavy atom. The van der Waals surface area contributed by atoms with E-state index in [0.29, 0.717) is 20.0 Å². The third-order valence-electron chi connectivity index (χ3n) is 4.81. The molecule has 0 saturated heterocycles. The number of carbonyl (C=O) groups is 2. The van der Waals surface area contributed by atoms with E-state index < -0.39 is 23.6 Å². The highest BCUT2D eigenvalue weighted by atomic mass is 35.5. The van der Waals surface area contributed by atoms with Crippen molar-refractivity contribution in [1.29, 1.82) is 0 Å². The van der Waals surface area contributed by atoms with Gasteiger partial charge in [-0.2, -0.15) is 13.2 Å². The number of amides is 1. The van der Waals surface area contributed by atoms with E-state index in [1.165, 1.54) is 30.2 Å². The van der Waals surface area contributed by atoms with Crippen molar-refractivity contribution in [3.8, 4) is 0 Å². The molecule has 204 valence electrons. The van der Waals surface area contributed by atoms with Gasteiger partial charge in [0.25, 0.3) is 5.91 Å². The fraction of sp³-hybridized carbons (Fsp3) is 0.217. The topological polar surface area (TPSA) is 112 Å². The maximum absolute atomic E-state index is 13.3. The molecule has 16 heteroatoms. The van der Waals surface area contributed by atoms with Gasteiger partial charge in [0.05, 0.1) is 24.3 Å². The SMILES string of the molecule is CCOC(=O)Cc1nc(NC(=O)c2nc(Sc3nncn3C)ccc2Sc2ccc(C(F)(F)F)cc2)sc1Cl. The molecule has 9 nitrogen and oxygen atoms in total. The van der Waals surface area contributed by atoms with Crippen molar-refractivity contribution < 1.29 is 27.5 Å². The summed E-state index contributed by atoms with van der Waals surface area (Å²) in [5, 5.41) is 11.6. The second-order valence-corrected chi connectivity index (χ2v) is 11.3. The average Bonchev–Trinajstić information content (AvgIpc) is 3.43. The Balaban J connectivity index is 1.61. The van der Waals surface area contributed by atoms with Crippen molar-refractivity contribution in [3.05, 3.63) is 64.0 Å². The lowest BCUT2D eigenvalue weighted by Crippen LogP contribution is -2.15. The van der Waals surface area contributed by atoms with E-state index in [0.717, 1.165) is 35.2 Å². The number of alkyl halides is 3. The Morgan fingerprint density at radius 1 is 1.13 bits per heavy atom. The van der Waals surface area contributed by atoms with Gasteiger partial charge in [0.1, 0.15) is 21.4 Å². The summed E-state index contributed by atoms with van der Waals surface area (Å²) in [6.07, 6.45) is -3.10. The molecule has 0 bridgehead atoms. The first-order chi connectivity index (χ1) is 18.5. The molecule has 1 aromatic carbocycles. The smallest absolute Gasteiger partial charge is 0.416 e. The second kappa shape index (κ2) is 12.4. The van der Waals surface area contributed by atoms with Crippen molar-refractivity contribution >= 4 is 63.5 Å². The Bertz CT molecular complexity index is 1490. The summed E-state index contributed by atoms with van der Waals surface area (Å²) in [6, 6.07) is 7.89. The first-order valence-electron chi connectivity index (χ1n) is 11.0. The normalized spacial score (nSPS) is 11.4. The van der Waals surface area contributed by atoms with Crippen molar-refractivity contribution in [3.63, 3.8) is 0 Å². The van der Waals surface area contributed by atoms with Crippen LogP contribution in [0.3, 0.4) is 0 Å². The number of carbonyl (C=O) groups excluding carboxylic acids is 2. The predicted octanol–water partition coefficient (Wildman–Crippen LogP) is 6.00. The van der Waals surface area contributed by atoms with Gasteiger partial charge in [-0.1, -0.05) is 34.7 Å². The van der Waals surface area contributed by atoms with Gasteiger partial charge in [0.2, 0.25) is 0 Å². The van der Waals surface area contributed by atoms with E-state index in [1.807, 2.05) is 0 Å².